The smallest absolute Gasteiger partial charge is 0.261 e. The van der Waals surface area contributed by atoms with E-state index in [-0.39, 0.29) is 17.6 Å². The van der Waals surface area contributed by atoms with Crippen LogP contribution in [0.25, 0.3) is 0 Å². The van der Waals surface area contributed by atoms with Crippen LogP contribution in [0, 0.1) is 5.82 Å². The molecule has 0 aliphatic carbocycles. The van der Waals surface area contributed by atoms with Gasteiger partial charge in [0.1, 0.15) is 11.6 Å². The molecule has 1 unspecified atom stereocenters. The average Bonchev–Trinajstić information content (AvgIpc) is 2.61. The first kappa shape index (κ1) is 18.4. The van der Waals surface area contributed by atoms with E-state index in [9.17, 15) is 14.0 Å². The number of benzene rings is 2. The molecular weight excluding hydrogens is 323 g/mol. The minimum absolute atomic E-state index is 0.0723. The van der Waals surface area contributed by atoms with Crippen LogP contribution in [0.5, 0.6) is 5.75 Å². The Morgan fingerprint density at radius 2 is 1.68 bits per heavy atom. The van der Waals surface area contributed by atoms with Crippen molar-refractivity contribution in [2.45, 2.75) is 19.6 Å². The van der Waals surface area contributed by atoms with Gasteiger partial charge in [0.15, 0.2) is 6.10 Å². The summed E-state index contributed by atoms with van der Waals surface area (Å²) in [6.07, 6.45) is -0.708. The number of hydrogen-bond acceptors (Lipinski definition) is 3. The lowest BCUT2D eigenvalue weighted by atomic mass is 10.1. The summed E-state index contributed by atoms with van der Waals surface area (Å²) >= 11 is 0. The molecule has 132 valence electrons. The maximum Gasteiger partial charge on any atom is 0.261 e. The number of carbonyl (C=O) groups excluding carboxylic acids is 2. The lowest BCUT2D eigenvalue weighted by molar-refractivity contribution is -0.127. The van der Waals surface area contributed by atoms with Crippen LogP contribution in [-0.2, 0) is 11.3 Å². The molecule has 0 bridgehead atoms. The molecular formula is C19H21FN2O3. The second-order valence-electron chi connectivity index (χ2n) is 5.83. The summed E-state index contributed by atoms with van der Waals surface area (Å²) < 4.78 is 18.3. The molecule has 1 atom stereocenters. The number of rotatable bonds is 6. The quantitative estimate of drug-likeness (QED) is 0.876. The SMILES string of the molecule is CC(Oc1ccc(F)cc1)C(=O)NCc1ccc(C(=O)N(C)C)cc1. The fourth-order valence-electron chi connectivity index (χ4n) is 2.13. The van der Waals surface area contributed by atoms with Crippen molar-refractivity contribution in [3.63, 3.8) is 0 Å². The highest BCUT2D eigenvalue weighted by atomic mass is 19.1. The van der Waals surface area contributed by atoms with Gasteiger partial charge in [-0.05, 0) is 48.9 Å². The van der Waals surface area contributed by atoms with E-state index in [4.69, 9.17) is 4.74 Å². The van der Waals surface area contributed by atoms with Gasteiger partial charge in [0.05, 0.1) is 0 Å². The van der Waals surface area contributed by atoms with Gasteiger partial charge in [-0.15, -0.1) is 0 Å². The molecule has 2 amide bonds. The van der Waals surface area contributed by atoms with Crippen LogP contribution < -0.4 is 10.1 Å². The lowest BCUT2D eigenvalue weighted by Gasteiger charge is -2.15. The molecule has 2 aromatic rings. The molecule has 2 aromatic carbocycles. The van der Waals surface area contributed by atoms with E-state index in [0.717, 1.165) is 5.56 Å². The van der Waals surface area contributed by atoms with E-state index in [0.29, 0.717) is 17.9 Å². The van der Waals surface area contributed by atoms with Crippen molar-refractivity contribution in [1.82, 2.24) is 10.2 Å². The predicted octanol–water partition coefficient (Wildman–Crippen LogP) is 2.61. The van der Waals surface area contributed by atoms with Crippen LogP contribution in [0.3, 0.4) is 0 Å². The molecule has 6 heteroatoms. The number of carbonyl (C=O) groups is 2. The molecule has 5 nitrogen and oxygen atoms in total. The first-order valence-corrected chi connectivity index (χ1v) is 7.87. The zero-order valence-corrected chi connectivity index (χ0v) is 14.5. The Balaban J connectivity index is 1.86. The van der Waals surface area contributed by atoms with Gasteiger partial charge in [-0.25, -0.2) is 4.39 Å². The molecule has 2 rings (SSSR count). The van der Waals surface area contributed by atoms with Gasteiger partial charge in [0.2, 0.25) is 0 Å². The van der Waals surface area contributed by atoms with E-state index in [1.165, 1.54) is 29.2 Å². The number of ether oxygens (including phenoxy) is 1. The van der Waals surface area contributed by atoms with Crippen molar-refractivity contribution < 1.29 is 18.7 Å². The van der Waals surface area contributed by atoms with Crippen LogP contribution in [0.1, 0.15) is 22.8 Å². The fourth-order valence-corrected chi connectivity index (χ4v) is 2.13. The maximum atomic E-state index is 12.9. The summed E-state index contributed by atoms with van der Waals surface area (Å²) in [5.74, 6) is -0.286. The Kier molecular flexibility index (Phi) is 6.11. The highest BCUT2D eigenvalue weighted by Gasteiger charge is 2.14. The van der Waals surface area contributed by atoms with E-state index in [2.05, 4.69) is 5.32 Å². The third kappa shape index (κ3) is 5.31. The van der Waals surface area contributed by atoms with Crippen LogP contribution in [-0.4, -0.2) is 36.9 Å². The number of amides is 2. The summed E-state index contributed by atoms with van der Waals surface area (Å²) in [7, 11) is 3.39. The van der Waals surface area contributed by atoms with Gasteiger partial charge in [-0.3, -0.25) is 9.59 Å². The molecule has 25 heavy (non-hydrogen) atoms. The molecule has 0 aliphatic heterocycles. The Labute approximate surface area is 146 Å². The predicted molar refractivity (Wildman–Crippen MR) is 92.8 cm³/mol. The maximum absolute atomic E-state index is 12.9. The van der Waals surface area contributed by atoms with Gasteiger partial charge in [-0.2, -0.15) is 0 Å². The molecule has 0 saturated carbocycles. The zero-order chi connectivity index (χ0) is 18.4. The van der Waals surface area contributed by atoms with E-state index in [1.54, 1.807) is 45.3 Å². The molecule has 0 saturated heterocycles. The first-order valence-electron chi connectivity index (χ1n) is 7.87. The number of nitrogens with zero attached hydrogens (tertiary/aromatic N) is 1. The van der Waals surface area contributed by atoms with Crippen LogP contribution >= 0.6 is 0 Å². The van der Waals surface area contributed by atoms with Crippen molar-refractivity contribution in [3.8, 4) is 5.75 Å². The highest BCUT2D eigenvalue weighted by molar-refractivity contribution is 5.93. The second-order valence-corrected chi connectivity index (χ2v) is 5.83. The summed E-state index contributed by atoms with van der Waals surface area (Å²) in [4.78, 5) is 25.4. The minimum atomic E-state index is -0.708. The van der Waals surface area contributed by atoms with Crippen molar-refractivity contribution in [2.75, 3.05) is 14.1 Å². The number of hydrogen-bond donors (Lipinski definition) is 1. The summed E-state index contributed by atoms with van der Waals surface area (Å²) in [5.41, 5.74) is 1.46. The van der Waals surface area contributed by atoms with Gasteiger partial charge in [0.25, 0.3) is 11.8 Å². The summed E-state index contributed by atoms with van der Waals surface area (Å²) in [5, 5.41) is 2.77. The Morgan fingerprint density at radius 1 is 1.08 bits per heavy atom. The summed E-state index contributed by atoms with van der Waals surface area (Å²) in [6, 6.07) is 12.5. The molecule has 1 N–H and O–H groups in total. The van der Waals surface area contributed by atoms with Crippen molar-refractivity contribution in [2.24, 2.45) is 0 Å². The van der Waals surface area contributed by atoms with Gasteiger partial charge < -0.3 is 15.0 Å². The standard InChI is InChI=1S/C19H21FN2O3/c1-13(25-17-10-8-16(20)9-11-17)18(23)21-12-14-4-6-15(7-5-14)19(24)22(2)3/h4-11,13H,12H2,1-3H3,(H,21,23). The van der Waals surface area contributed by atoms with E-state index >= 15 is 0 Å². The minimum Gasteiger partial charge on any atom is -0.481 e. The molecule has 0 aliphatic rings. The normalized spacial score (nSPS) is 11.5. The van der Waals surface area contributed by atoms with Crippen LogP contribution in [0.2, 0.25) is 0 Å². The van der Waals surface area contributed by atoms with Crippen LogP contribution in [0.4, 0.5) is 4.39 Å². The second kappa shape index (κ2) is 8.28. The number of halogens is 1. The first-order chi connectivity index (χ1) is 11.9. The summed E-state index contributed by atoms with van der Waals surface area (Å²) in [6.45, 7) is 1.95. The third-order valence-electron chi connectivity index (χ3n) is 3.57. The Hall–Kier alpha value is -2.89. The van der Waals surface area contributed by atoms with Gasteiger partial charge >= 0.3 is 0 Å². The molecule has 0 spiro atoms. The molecule has 0 fully saturated rings. The van der Waals surface area contributed by atoms with Gasteiger partial charge in [-0.1, -0.05) is 12.1 Å². The highest BCUT2D eigenvalue weighted by Crippen LogP contribution is 2.13. The lowest BCUT2D eigenvalue weighted by Crippen LogP contribution is -2.35. The molecule has 0 radical (unpaired) electrons. The van der Waals surface area contributed by atoms with Gasteiger partial charge in [0, 0.05) is 26.2 Å². The van der Waals surface area contributed by atoms with Crippen LogP contribution in [0.15, 0.2) is 48.5 Å². The van der Waals surface area contributed by atoms with Crippen molar-refractivity contribution >= 4 is 11.8 Å². The third-order valence-corrected chi connectivity index (χ3v) is 3.57. The molecule has 0 aromatic heterocycles. The zero-order valence-electron chi connectivity index (χ0n) is 14.5. The monoisotopic (exact) mass is 344 g/mol. The fraction of sp³-hybridized carbons (Fsp3) is 0.263. The average molecular weight is 344 g/mol. The Morgan fingerprint density at radius 3 is 2.24 bits per heavy atom. The van der Waals surface area contributed by atoms with Crippen molar-refractivity contribution in [1.29, 1.82) is 0 Å². The van der Waals surface area contributed by atoms with E-state index in [1.807, 2.05) is 0 Å². The largest absolute Gasteiger partial charge is 0.481 e. The van der Waals surface area contributed by atoms with Crippen molar-refractivity contribution in [3.05, 3.63) is 65.5 Å². The molecule has 0 heterocycles. The topological polar surface area (TPSA) is 58.6 Å². The number of nitrogens with one attached hydrogen (secondary N) is 1. The Bertz CT molecular complexity index is 727. The van der Waals surface area contributed by atoms with E-state index < -0.39 is 6.10 Å².